The average molecular weight is 291 g/mol. The fourth-order valence-electron chi connectivity index (χ4n) is 3.60. The summed E-state index contributed by atoms with van der Waals surface area (Å²) in [5, 5.41) is 29.2. The van der Waals surface area contributed by atoms with Crippen molar-refractivity contribution >= 4 is 5.69 Å². The van der Waals surface area contributed by atoms with Crippen molar-refractivity contribution in [1.29, 1.82) is 0 Å². The summed E-state index contributed by atoms with van der Waals surface area (Å²) in [6, 6.07) is 8.49. The smallest absolute Gasteiger partial charge is 0.109 e. The molecule has 0 bridgehead atoms. The summed E-state index contributed by atoms with van der Waals surface area (Å²) < 4.78 is 0. The van der Waals surface area contributed by atoms with Gasteiger partial charge >= 0.3 is 0 Å². The maximum atomic E-state index is 9.79. The topological polar surface area (TPSA) is 63.9 Å². The van der Waals surface area contributed by atoms with Gasteiger partial charge in [-0.3, -0.25) is 0 Å². The summed E-state index contributed by atoms with van der Waals surface area (Å²) >= 11 is 0. The van der Waals surface area contributed by atoms with Crippen molar-refractivity contribution in [3.8, 4) is 0 Å². The molecular weight excluding hydrogens is 266 g/mol. The number of rotatable bonds is 2. The van der Waals surface area contributed by atoms with E-state index < -0.39 is 18.3 Å². The van der Waals surface area contributed by atoms with Crippen LogP contribution in [-0.4, -0.2) is 46.7 Å². The SMILES string of the molecule is OC1[C@@H](O)CN(c2ccc(C3CCCCC3)cc2)C[C@@H]1O. The quantitative estimate of drug-likeness (QED) is 0.775. The lowest BCUT2D eigenvalue weighted by molar-refractivity contribution is -0.0673. The Kier molecular flexibility index (Phi) is 4.48. The summed E-state index contributed by atoms with van der Waals surface area (Å²) in [4.78, 5) is 1.94. The Balaban J connectivity index is 1.69. The largest absolute Gasteiger partial charge is 0.388 e. The third kappa shape index (κ3) is 3.23. The zero-order chi connectivity index (χ0) is 14.8. The number of nitrogens with zero attached hydrogens (tertiary/aromatic N) is 1. The molecule has 1 saturated heterocycles. The van der Waals surface area contributed by atoms with E-state index in [-0.39, 0.29) is 0 Å². The number of β-amino-alcohol motifs (C(OH)–C–C–N with tert-alkyl or cyclic N) is 2. The molecule has 1 saturated carbocycles. The number of hydrogen-bond acceptors (Lipinski definition) is 4. The van der Waals surface area contributed by atoms with Gasteiger partial charge in [0.15, 0.2) is 0 Å². The van der Waals surface area contributed by atoms with Crippen LogP contribution in [0.15, 0.2) is 24.3 Å². The molecule has 2 fully saturated rings. The standard InChI is InChI=1S/C17H25NO3/c19-15-10-18(11-16(20)17(15)21)14-8-6-13(7-9-14)12-4-2-1-3-5-12/h6-9,12,15-17,19-21H,1-5,10-11H2/t15-,16-/m0/s1. The number of hydrogen-bond donors (Lipinski definition) is 3. The first-order valence-corrected chi connectivity index (χ1v) is 8.04. The molecule has 4 nitrogen and oxygen atoms in total. The predicted octanol–water partition coefficient (Wildman–Crippen LogP) is 1.64. The summed E-state index contributed by atoms with van der Waals surface area (Å²) in [5.41, 5.74) is 2.40. The second-order valence-electron chi connectivity index (χ2n) is 6.46. The van der Waals surface area contributed by atoms with Gasteiger partial charge in [-0.05, 0) is 36.5 Å². The maximum absolute atomic E-state index is 9.79. The highest BCUT2D eigenvalue weighted by Crippen LogP contribution is 2.33. The van der Waals surface area contributed by atoms with E-state index in [4.69, 9.17) is 0 Å². The number of aliphatic hydroxyl groups is 3. The molecule has 0 aromatic heterocycles. The fraction of sp³-hybridized carbons (Fsp3) is 0.647. The van der Waals surface area contributed by atoms with Gasteiger partial charge in [-0.25, -0.2) is 0 Å². The van der Waals surface area contributed by atoms with Gasteiger partial charge in [0.1, 0.15) is 6.10 Å². The van der Waals surface area contributed by atoms with E-state index in [1.165, 1.54) is 37.7 Å². The van der Waals surface area contributed by atoms with Gasteiger partial charge < -0.3 is 20.2 Å². The lowest BCUT2D eigenvalue weighted by Crippen LogP contribution is -2.55. The van der Waals surface area contributed by atoms with E-state index in [9.17, 15) is 15.3 Å². The molecule has 4 heteroatoms. The summed E-state index contributed by atoms with van der Waals surface area (Å²) in [5.74, 6) is 0.687. The van der Waals surface area contributed by atoms with Crippen LogP contribution >= 0.6 is 0 Å². The van der Waals surface area contributed by atoms with Crippen molar-refractivity contribution in [2.45, 2.75) is 56.3 Å². The first kappa shape index (κ1) is 14.8. The van der Waals surface area contributed by atoms with Gasteiger partial charge in [-0.1, -0.05) is 31.4 Å². The van der Waals surface area contributed by atoms with Crippen molar-refractivity contribution < 1.29 is 15.3 Å². The first-order chi connectivity index (χ1) is 10.1. The minimum Gasteiger partial charge on any atom is -0.388 e. The summed E-state index contributed by atoms with van der Waals surface area (Å²) in [6.07, 6.45) is 3.75. The molecule has 1 aliphatic heterocycles. The number of benzene rings is 1. The lowest BCUT2D eigenvalue weighted by atomic mass is 9.84. The van der Waals surface area contributed by atoms with Crippen LogP contribution in [0.2, 0.25) is 0 Å². The Bertz CT molecular complexity index is 444. The van der Waals surface area contributed by atoms with Crippen LogP contribution in [0, 0.1) is 0 Å². The molecule has 2 atom stereocenters. The molecule has 3 rings (SSSR count). The third-order valence-electron chi connectivity index (χ3n) is 4.94. The normalized spacial score (nSPS) is 28.8. The van der Waals surface area contributed by atoms with Crippen LogP contribution in [-0.2, 0) is 0 Å². The molecule has 3 N–H and O–H groups in total. The Hall–Kier alpha value is -1.10. The second kappa shape index (κ2) is 6.34. The highest BCUT2D eigenvalue weighted by atomic mass is 16.4. The molecule has 0 radical (unpaired) electrons. The van der Waals surface area contributed by atoms with E-state index in [1.807, 2.05) is 4.90 Å². The van der Waals surface area contributed by atoms with Gasteiger partial charge in [0, 0.05) is 18.8 Å². The van der Waals surface area contributed by atoms with Crippen molar-refractivity contribution in [3.63, 3.8) is 0 Å². The van der Waals surface area contributed by atoms with Crippen LogP contribution in [0.5, 0.6) is 0 Å². The van der Waals surface area contributed by atoms with Gasteiger partial charge in [0.2, 0.25) is 0 Å². The van der Waals surface area contributed by atoms with Crippen LogP contribution in [0.3, 0.4) is 0 Å². The van der Waals surface area contributed by atoms with Gasteiger partial charge in [-0.2, -0.15) is 0 Å². The van der Waals surface area contributed by atoms with Gasteiger partial charge in [0.05, 0.1) is 12.2 Å². The fourth-order valence-corrected chi connectivity index (χ4v) is 3.60. The molecule has 2 aliphatic rings. The minimum atomic E-state index is -1.04. The Labute approximate surface area is 126 Å². The molecule has 0 amide bonds. The molecule has 0 spiro atoms. The van der Waals surface area contributed by atoms with E-state index in [2.05, 4.69) is 24.3 Å². The zero-order valence-corrected chi connectivity index (χ0v) is 12.4. The third-order valence-corrected chi connectivity index (χ3v) is 4.94. The van der Waals surface area contributed by atoms with E-state index in [0.717, 1.165) is 5.69 Å². The van der Waals surface area contributed by atoms with Crippen LogP contribution in [0.1, 0.15) is 43.6 Å². The number of piperidine rings is 1. The average Bonchev–Trinajstić information content (AvgIpc) is 2.53. The molecule has 1 aromatic carbocycles. The minimum absolute atomic E-state index is 0.362. The Morgan fingerprint density at radius 3 is 1.95 bits per heavy atom. The molecule has 116 valence electrons. The van der Waals surface area contributed by atoms with E-state index in [0.29, 0.717) is 19.0 Å². The number of aliphatic hydroxyl groups excluding tert-OH is 3. The highest BCUT2D eigenvalue weighted by molar-refractivity contribution is 5.49. The van der Waals surface area contributed by atoms with Crippen molar-refractivity contribution in [2.24, 2.45) is 0 Å². The second-order valence-corrected chi connectivity index (χ2v) is 6.46. The molecule has 0 unspecified atom stereocenters. The monoisotopic (exact) mass is 291 g/mol. The lowest BCUT2D eigenvalue weighted by Gasteiger charge is -2.38. The Morgan fingerprint density at radius 2 is 1.38 bits per heavy atom. The van der Waals surface area contributed by atoms with Crippen molar-refractivity contribution in [3.05, 3.63) is 29.8 Å². The predicted molar refractivity (Wildman–Crippen MR) is 82.5 cm³/mol. The zero-order valence-electron chi connectivity index (χ0n) is 12.4. The summed E-state index contributed by atoms with van der Waals surface area (Å²) in [7, 11) is 0. The van der Waals surface area contributed by atoms with Crippen LogP contribution in [0.4, 0.5) is 5.69 Å². The van der Waals surface area contributed by atoms with E-state index in [1.54, 1.807) is 0 Å². The molecule has 1 heterocycles. The molecule has 21 heavy (non-hydrogen) atoms. The number of anilines is 1. The first-order valence-electron chi connectivity index (χ1n) is 8.04. The van der Waals surface area contributed by atoms with Crippen LogP contribution < -0.4 is 4.90 Å². The molecular formula is C17H25NO3. The van der Waals surface area contributed by atoms with Crippen LogP contribution in [0.25, 0.3) is 0 Å². The Morgan fingerprint density at radius 1 is 0.810 bits per heavy atom. The highest BCUT2D eigenvalue weighted by Gasteiger charge is 2.33. The maximum Gasteiger partial charge on any atom is 0.109 e. The molecule has 1 aromatic rings. The van der Waals surface area contributed by atoms with Gasteiger partial charge in [0.25, 0.3) is 0 Å². The molecule has 1 aliphatic carbocycles. The van der Waals surface area contributed by atoms with Crippen molar-refractivity contribution in [2.75, 3.05) is 18.0 Å². The van der Waals surface area contributed by atoms with E-state index >= 15 is 0 Å². The van der Waals surface area contributed by atoms with Gasteiger partial charge in [-0.15, -0.1) is 0 Å². The summed E-state index contributed by atoms with van der Waals surface area (Å²) in [6.45, 7) is 0.724. The van der Waals surface area contributed by atoms with Crippen molar-refractivity contribution in [1.82, 2.24) is 0 Å².